The van der Waals surface area contributed by atoms with Crippen LogP contribution in [0.2, 0.25) is 10.0 Å². The van der Waals surface area contributed by atoms with E-state index < -0.39 is 23.9 Å². The van der Waals surface area contributed by atoms with Gasteiger partial charge in [0.2, 0.25) is 11.9 Å². The second kappa shape index (κ2) is 8.93. The number of rotatable bonds is 2. The van der Waals surface area contributed by atoms with Crippen LogP contribution in [-0.2, 0) is 0 Å². The van der Waals surface area contributed by atoms with Gasteiger partial charge in [-0.3, -0.25) is 21.5 Å². The van der Waals surface area contributed by atoms with E-state index in [0.717, 1.165) is 5.01 Å². The van der Waals surface area contributed by atoms with Gasteiger partial charge in [-0.25, -0.2) is 9.80 Å². The second-order valence-electron chi connectivity index (χ2n) is 5.31. The zero-order valence-corrected chi connectivity index (χ0v) is 15.8. The second-order valence-corrected chi connectivity index (χ2v) is 6.18. The molecule has 0 saturated heterocycles. The standard InChI is InChI=1S/C16H17Cl2N9O/c17-9-1-5-11(6-2-9)24-16(28)27(14(21)22)26(15(23)25-13(19)20)12-7-3-10(18)4-8-12/h1-8H,(H3,21,22)(H,24,28)(H5,19,20,23,25). The molecule has 0 fully saturated rings. The van der Waals surface area contributed by atoms with Crippen molar-refractivity contribution in [3.8, 4) is 0 Å². The van der Waals surface area contributed by atoms with Crippen LogP contribution in [0, 0.1) is 16.2 Å². The number of carbonyl (C=O) groups is 1. The molecule has 2 aromatic carbocycles. The Morgan fingerprint density at radius 3 is 1.86 bits per heavy atom. The largest absolute Gasteiger partial charge is 0.370 e. The van der Waals surface area contributed by atoms with Gasteiger partial charge in [0, 0.05) is 15.7 Å². The quantitative estimate of drug-likeness (QED) is 0.224. The Hall–Kier alpha value is -3.50. The summed E-state index contributed by atoms with van der Waals surface area (Å²) < 4.78 is 0. The Morgan fingerprint density at radius 1 is 0.893 bits per heavy atom. The topological polar surface area (TPSA) is 171 Å². The molecule has 12 heteroatoms. The Labute approximate surface area is 170 Å². The van der Waals surface area contributed by atoms with Crippen LogP contribution in [0.3, 0.4) is 0 Å². The molecule has 9 N–H and O–H groups in total. The number of amides is 2. The van der Waals surface area contributed by atoms with E-state index in [2.05, 4.69) is 10.6 Å². The fraction of sp³-hybridized carbons (Fsp3) is 0. The minimum atomic E-state index is -0.833. The zero-order valence-electron chi connectivity index (χ0n) is 14.3. The van der Waals surface area contributed by atoms with Crippen LogP contribution in [-0.4, -0.2) is 28.9 Å². The van der Waals surface area contributed by atoms with E-state index in [1.807, 2.05) is 0 Å². The molecule has 2 rings (SSSR count). The number of hydrogen-bond acceptors (Lipinski definition) is 4. The predicted molar refractivity (Wildman–Crippen MR) is 111 cm³/mol. The number of anilines is 2. The van der Waals surface area contributed by atoms with Gasteiger partial charge in [0.05, 0.1) is 5.69 Å². The highest BCUT2D eigenvalue weighted by Gasteiger charge is 2.29. The minimum Gasteiger partial charge on any atom is -0.370 e. The van der Waals surface area contributed by atoms with Gasteiger partial charge in [-0.15, -0.1) is 0 Å². The number of halogens is 2. The van der Waals surface area contributed by atoms with Gasteiger partial charge < -0.3 is 16.8 Å². The molecular weight excluding hydrogens is 405 g/mol. The van der Waals surface area contributed by atoms with E-state index in [1.54, 1.807) is 24.3 Å². The lowest BCUT2D eigenvalue weighted by molar-refractivity contribution is 0.234. The monoisotopic (exact) mass is 421 g/mol. The third-order valence-electron chi connectivity index (χ3n) is 3.25. The van der Waals surface area contributed by atoms with Crippen molar-refractivity contribution in [1.29, 1.82) is 16.2 Å². The normalized spacial score (nSPS) is 9.93. The molecule has 2 amide bonds. The first-order valence-corrected chi connectivity index (χ1v) is 8.40. The lowest BCUT2D eigenvalue weighted by Crippen LogP contribution is -2.60. The van der Waals surface area contributed by atoms with Crippen molar-refractivity contribution in [2.24, 2.45) is 11.5 Å². The summed E-state index contributed by atoms with van der Waals surface area (Å²) in [7, 11) is 0. The first kappa shape index (κ1) is 20.8. The Kier molecular flexibility index (Phi) is 6.64. The van der Waals surface area contributed by atoms with E-state index in [-0.39, 0.29) is 5.69 Å². The predicted octanol–water partition coefficient (Wildman–Crippen LogP) is 2.56. The van der Waals surface area contributed by atoms with E-state index in [0.29, 0.717) is 20.7 Å². The summed E-state index contributed by atoms with van der Waals surface area (Å²) in [5.41, 5.74) is 11.6. The lowest BCUT2D eigenvalue weighted by atomic mass is 10.3. The van der Waals surface area contributed by atoms with Gasteiger partial charge in [-0.05, 0) is 48.5 Å². The zero-order chi connectivity index (χ0) is 20.8. The number of hydrazine groups is 1. The van der Waals surface area contributed by atoms with Crippen molar-refractivity contribution >= 4 is 58.5 Å². The first-order valence-electron chi connectivity index (χ1n) is 7.65. The smallest absolute Gasteiger partial charge is 0.348 e. The highest BCUT2D eigenvalue weighted by Crippen LogP contribution is 2.21. The summed E-state index contributed by atoms with van der Waals surface area (Å²) in [6.45, 7) is 0. The Morgan fingerprint density at radius 2 is 1.39 bits per heavy atom. The SMILES string of the molecule is N=C(N)NC(=N)N(c1ccc(Cl)cc1)N(C(=N)N)C(=O)Nc1ccc(Cl)cc1. The van der Waals surface area contributed by atoms with Gasteiger partial charge in [0.1, 0.15) is 0 Å². The van der Waals surface area contributed by atoms with Crippen molar-refractivity contribution in [2.75, 3.05) is 10.3 Å². The first-order chi connectivity index (χ1) is 13.2. The van der Waals surface area contributed by atoms with Crippen molar-refractivity contribution in [3.63, 3.8) is 0 Å². The van der Waals surface area contributed by atoms with Crippen LogP contribution in [0.1, 0.15) is 0 Å². The molecule has 0 aliphatic heterocycles. The van der Waals surface area contributed by atoms with Crippen molar-refractivity contribution in [1.82, 2.24) is 10.3 Å². The molecule has 10 nitrogen and oxygen atoms in total. The number of guanidine groups is 3. The van der Waals surface area contributed by atoms with Crippen molar-refractivity contribution < 1.29 is 4.79 Å². The van der Waals surface area contributed by atoms with E-state index in [4.69, 9.17) is 50.9 Å². The van der Waals surface area contributed by atoms with E-state index >= 15 is 0 Å². The summed E-state index contributed by atoms with van der Waals surface area (Å²) in [5, 5.41) is 30.7. The molecule has 28 heavy (non-hydrogen) atoms. The number of urea groups is 1. The molecule has 0 aliphatic rings. The fourth-order valence-electron chi connectivity index (χ4n) is 2.12. The van der Waals surface area contributed by atoms with Crippen molar-refractivity contribution in [2.45, 2.75) is 0 Å². The molecule has 0 atom stereocenters. The number of benzene rings is 2. The Bertz CT molecular complexity index is 899. The van der Waals surface area contributed by atoms with Gasteiger partial charge >= 0.3 is 6.03 Å². The summed E-state index contributed by atoms with van der Waals surface area (Å²) in [6.07, 6.45) is 0. The van der Waals surface area contributed by atoms with Crippen LogP contribution in [0.25, 0.3) is 0 Å². The summed E-state index contributed by atoms with van der Waals surface area (Å²) in [6, 6.07) is 11.5. The van der Waals surface area contributed by atoms with Crippen LogP contribution >= 0.6 is 23.2 Å². The molecule has 0 bridgehead atoms. The van der Waals surface area contributed by atoms with Crippen LogP contribution < -0.4 is 27.1 Å². The fourth-order valence-corrected chi connectivity index (χ4v) is 2.38. The summed E-state index contributed by atoms with van der Waals surface area (Å²) >= 11 is 11.7. The number of nitrogens with zero attached hydrogens (tertiary/aromatic N) is 2. The number of nitrogens with two attached hydrogens (primary N) is 2. The maximum absolute atomic E-state index is 12.8. The average Bonchev–Trinajstić information content (AvgIpc) is 2.61. The highest BCUT2D eigenvalue weighted by molar-refractivity contribution is 6.31. The van der Waals surface area contributed by atoms with Gasteiger partial charge in [0.15, 0.2) is 5.96 Å². The molecule has 0 radical (unpaired) electrons. The highest BCUT2D eigenvalue weighted by atomic mass is 35.5. The lowest BCUT2D eigenvalue weighted by Gasteiger charge is -2.34. The van der Waals surface area contributed by atoms with Crippen LogP contribution in [0.4, 0.5) is 16.2 Å². The third-order valence-corrected chi connectivity index (χ3v) is 3.76. The third kappa shape index (κ3) is 5.25. The van der Waals surface area contributed by atoms with Crippen LogP contribution in [0.15, 0.2) is 48.5 Å². The molecular formula is C16H17Cl2N9O. The van der Waals surface area contributed by atoms with E-state index in [9.17, 15) is 4.79 Å². The van der Waals surface area contributed by atoms with Gasteiger partial charge in [-0.2, -0.15) is 5.01 Å². The molecule has 0 spiro atoms. The average molecular weight is 422 g/mol. The Balaban J connectivity index is 2.41. The summed E-state index contributed by atoms with van der Waals surface area (Å²) in [5.74, 6) is -1.71. The molecule has 146 valence electrons. The van der Waals surface area contributed by atoms with Gasteiger partial charge in [0.25, 0.3) is 0 Å². The number of nitrogens with one attached hydrogen (secondary N) is 5. The number of carbonyl (C=O) groups excluding carboxylic acids is 1. The molecule has 0 aliphatic carbocycles. The maximum atomic E-state index is 12.8. The summed E-state index contributed by atoms with van der Waals surface area (Å²) in [4.78, 5) is 12.8. The maximum Gasteiger partial charge on any atom is 0.348 e. The number of hydrogen-bond donors (Lipinski definition) is 7. The molecule has 0 unspecified atom stereocenters. The van der Waals surface area contributed by atoms with Crippen molar-refractivity contribution in [3.05, 3.63) is 58.6 Å². The molecule has 0 saturated carbocycles. The minimum absolute atomic E-state index is 0.268. The van der Waals surface area contributed by atoms with E-state index in [1.165, 1.54) is 24.3 Å². The molecule has 2 aromatic rings. The molecule has 0 heterocycles. The van der Waals surface area contributed by atoms with Gasteiger partial charge in [-0.1, -0.05) is 23.2 Å². The van der Waals surface area contributed by atoms with Crippen LogP contribution in [0.5, 0.6) is 0 Å². The molecule has 0 aromatic heterocycles.